The highest BCUT2D eigenvalue weighted by molar-refractivity contribution is 7.09. The molecule has 0 atom stereocenters. The predicted octanol–water partition coefficient (Wildman–Crippen LogP) is 3.46. The topological polar surface area (TPSA) is 51.0 Å². The summed E-state index contributed by atoms with van der Waals surface area (Å²) in [5.74, 6) is 0.780. The number of thiazole rings is 1. The minimum absolute atomic E-state index is 0.738. The molecule has 0 saturated carbocycles. The Hall–Kier alpha value is -1.88. The fourth-order valence-corrected chi connectivity index (χ4v) is 2.31. The second kappa shape index (κ2) is 4.78. The largest absolute Gasteiger partial charge is 0.441 e. The average molecular weight is 259 g/mol. The summed E-state index contributed by atoms with van der Waals surface area (Å²) >= 11 is 1.65. The van der Waals surface area contributed by atoms with Crippen LogP contribution in [0.1, 0.15) is 17.8 Å². The maximum atomic E-state index is 5.57. The summed E-state index contributed by atoms with van der Waals surface area (Å²) in [6.07, 6.45) is 2.63. The molecule has 5 heteroatoms. The van der Waals surface area contributed by atoms with Crippen LogP contribution < -0.4 is 5.32 Å². The zero-order chi connectivity index (χ0) is 12.4. The van der Waals surface area contributed by atoms with Gasteiger partial charge in [-0.3, -0.25) is 0 Å². The van der Waals surface area contributed by atoms with Crippen LogP contribution >= 0.6 is 11.3 Å². The van der Waals surface area contributed by atoms with Crippen molar-refractivity contribution in [2.45, 2.75) is 19.9 Å². The Balaban J connectivity index is 1.80. The molecule has 0 spiro atoms. The van der Waals surface area contributed by atoms with Crippen molar-refractivity contribution >= 4 is 28.1 Å². The number of benzene rings is 1. The lowest BCUT2D eigenvalue weighted by molar-refractivity contribution is 0.538. The lowest BCUT2D eigenvalue weighted by Gasteiger charge is -2.02. The number of nitrogens with zero attached hydrogens (tertiary/aromatic N) is 2. The number of aromatic nitrogens is 2. The first-order valence-corrected chi connectivity index (χ1v) is 6.75. The van der Waals surface area contributed by atoms with E-state index in [1.165, 1.54) is 0 Å². The van der Waals surface area contributed by atoms with E-state index in [-0.39, 0.29) is 0 Å². The van der Waals surface area contributed by atoms with Crippen molar-refractivity contribution in [3.63, 3.8) is 0 Å². The molecule has 0 radical (unpaired) electrons. The van der Waals surface area contributed by atoms with Crippen molar-refractivity contribution in [3.05, 3.63) is 40.7 Å². The van der Waals surface area contributed by atoms with Gasteiger partial charge in [0.25, 0.3) is 0 Å². The van der Waals surface area contributed by atoms with Crippen molar-refractivity contribution in [1.29, 1.82) is 0 Å². The van der Waals surface area contributed by atoms with Crippen LogP contribution in [0.4, 0.5) is 5.69 Å². The van der Waals surface area contributed by atoms with Gasteiger partial charge in [-0.2, -0.15) is 0 Å². The van der Waals surface area contributed by atoms with Crippen LogP contribution in [0.25, 0.3) is 11.1 Å². The van der Waals surface area contributed by atoms with Gasteiger partial charge >= 0.3 is 0 Å². The summed E-state index contributed by atoms with van der Waals surface area (Å²) in [6.45, 7) is 2.77. The quantitative estimate of drug-likeness (QED) is 0.779. The molecule has 0 bridgehead atoms. The van der Waals surface area contributed by atoms with Crippen molar-refractivity contribution in [1.82, 2.24) is 9.97 Å². The molecule has 2 heterocycles. The first-order chi connectivity index (χ1) is 8.85. The number of nitrogens with one attached hydrogen (secondary N) is 1. The molecular formula is C13H13N3OS. The van der Waals surface area contributed by atoms with Gasteiger partial charge in [-0.15, -0.1) is 11.3 Å². The third-order valence-corrected chi connectivity index (χ3v) is 3.44. The summed E-state index contributed by atoms with van der Waals surface area (Å²) in [7, 11) is 0. The van der Waals surface area contributed by atoms with Crippen LogP contribution in [0.2, 0.25) is 0 Å². The van der Waals surface area contributed by atoms with Gasteiger partial charge in [-0.25, -0.2) is 9.97 Å². The minimum atomic E-state index is 0.738. The van der Waals surface area contributed by atoms with E-state index in [2.05, 4.69) is 15.3 Å². The Morgan fingerprint density at radius 3 is 3.11 bits per heavy atom. The van der Waals surface area contributed by atoms with Crippen LogP contribution in [0.5, 0.6) is 0 Å². The second-order valence-electron chi connectivity index (χ2n) is 3.92. The molecule has 0 aliphatic carbocycles. The normalized spacial score (nSPS) is 10.9. The zero-order valence-corrected chi connectivity index (χ0v) is 10.8. The van der Waals surface area contributed by atoms with Gasteiger partial charge in [0.15, 0.2) is 11.5 Å². The Bertz CT molecular complexity index is 645. The highest BCUT2D eigenvalue weighted by atomic mass is 32.1. The summed E-state index contributed by atoms with van der Waals surface area (Å²) in [6, 6.07) is 5.96. The van der Waals surface area contributed by atoms with Gasteiger partial charge < -0.3 is 9.73 Å². The summed E-state index contributed by atoms with van der Waals surface area (Å²) < 4.78 is 5.57. The summed E-state index contributed by atoms with van der Waals surface area (Å²) in [5, 5.41) is 6.38. The van der Waals surface area contributed by atoms with Gasteiger partial charge in [0.1, 0.15) is 10.5 Å². The number of rotatable bonds is 4. The van der Waals surface area contributed by atoms with Crippen molar-refractivity contribution in [2.75, 3.05) is 5.32 Å². The van der Waals surface area contributed by atoms with E-state index in [0.717, 1.165) is 40.7 Å². The van der Waals surface area contributed by atoms with E-state index in [1.807, 2.05) is 36.7 Å². The molecule has 1 aromatic carbocycles. The molecule has 18 heavy (non-hydrogen) atoms. The van der Waals surface area contributed by atoms with Crippen LogP contribution in [0.15, 0.2) is 34.2 Å². The Kier molecular flexibility index (Phi) is 2.98. The fourth-order valence-electron chi connectivity index (χ4n) is 1.75. The average Bonchev–Trinajstić information content (AvgIpc) is 3.04. The number of hydrogen-bond acceptors (Lipinski definition) is 5. The fraction of sp³-hybridized carbons (Fsp3) is 0.231. The monoisotopic (exact) mass is 259 g/mol. The Morgan fingerprint density at radius 2 is 2.33 bits per heavy atom. The highest BCUT2D eigenvalue weighted by Gasteiger charge is 2.05. The first kappa shape index (κ1) is 11.2. The van der Waals surface area contributed by atoms with Gasteiger partial charge in [0.05, 0.1) is 6.54 Å². The van der Waals surface area contributed by atoms with Gasteiger partial charge in [-0.1, -0.05) is 6.92 Å². The smallest absolute Gasteiger partial charge is 0.195 e. The third-order valence-electron chi connectivity index (χ3n) is 2.66. The van der Waals surface area contributed by atoms with Crippen LogP contribution in [0.3, 0.4) is 0 Å². The maximum absolute atomic E-state index is 5.57. The second-order valence-corrected chi connectivity index (χ2v) is 4.90. The van der Waals surface area contributed by atoms with E-state index >= 15 is 0 Å². The molecule has 92 valence electrons. The van der Waals surface area contributed by atoms with Crippen molar-refractivity contribution in [2.24, 2.45) is 0 Å². The molecule has 0 saturated heterocycles. The number of hydrogen-bond donors (Lipinski definition) is 1. The number of anilines is 1. The molecular weight excluding hydrogens is 246 g/mol. The van der Waals surface area contributed by atoms with Crippen LogP contribution in [0, 0.1) is 0 Å². The summed E-state index contributed by atoms with van der Waals surface area (Å²) in [4.78, 5) is 8.65. The zero-order valence-electron chi connectivity index (χ0n) is 10.0. The van der Waals surface area contributed by atoms with E-state index in [4.69, 9.17) is 4.42 Å². The Morgan fingerprint density at radius 1 is 1.39 bits per heavy atom. The maximum Gasteiger partial charge on any atom is 0.195 e. The molecule has 1 N–H and O–H groups in total. The standard InChI is InChI=1S/C13H13N3OS/c1-2-12-16-10-7-9(3-4-11(10)17-12)15-8-13-14-5-6-18-13/h3-7,15H,2,8H2,1H3. The predicted molar refractivity (Wildman–Crippen MR) is 72.8 cm³/mol. The molecule has 2 aromatic heterocycles. The van der Waals surface area contributed by atoms with Crippen molar-refractivity contribution in [3.8, 4) is 0 Å². The van der Waals surface area contributed by atoms with Crippen LogP contribution in [-0.2, 0) is 13.0 Å². The molecule has 4 nitrogen and oxygen atoms in total. The minimum Gasteiger partial charge on any atom is -0.441 e. The summed E-state index contributed by atoms with van der Waals surface area (Å²) in [5.41, 5.74) is 2.77. The SMILES string of the molecule is CCc1nc2cc(NCc3nccs3)ccc2o1. The van der Waals surface area contributed by atoms with E-state index in [1.54, 1.807) is 11.3 Å². The molecule has 0 aliphatic heterocycles. The van der Waals surface area contributed by atoms with E-state index in [9.17, 15) is 0 Å². The van der Waals surface area contributed by atoms with Gasteiger partial charge in [0, 0.05) is 23.7 Å². The molecule has 0 aliphatic rings. The van der Waals surface area contributed by atoms with E-state index in [0.29, 0.717) is 0 Å². The van der Waals surface area contributed by atoms with Gasteiger partial charge in [-0.05, 0) is 18.2 Å². The van der Waals surface area contributed by atoms with Crippen LogP contribution in [-0.4, -0.2) is 9.97 Å². The lowest BCUT2D eigenvalue weighted by atomic mass is 10.3. The molecule has 0 amide bonds. The molecule has 0 unspecified atom stereocenters. The molecule has 0 fully saturated rings. The third kappa shape index (κ3) is 2.22. The van der Waals surface area contributed by atoms with Gasteiger partial charge in [0.2, 0.25) is 0 Å². The highest BCUT2D eigenvalue weighted by Crippen LogP contribution is 2.20. The lowest BCUT2D eigenvalue weighted by Crippen LogP contribution is -1.98. The van der Waals surface area contributed by atoms with Crippen molar-refractivity contribution < 1.29 is 4.42 Å². The Labute approximate surface area is 109 Å². The first-order valence-electron chi connectivity index (χ1n) is 5.87. The van der Waals surface area contributed by atoms with E-state index < -0.39 is 0 Å². The number of fused-ring (bicyclic) bond motifs is 1. The number of aryl methyl sites for hydroxylation is 1. The molecule has 3 aromatic rings. The molecule has 3 rings (SSSR count). The number of oxazole rings is 1.